The van der Waals surface area contributed by atoms with Crippen LogP contribution in [-0.2, 0) is 11.2 Å². The van der Waals surface area contributed by atoms with Crippen molar-refractivity contribution < 1.29 is 9.59 Å². The van der Waals surface area contributed by atoms with Crippen molar-refractivity contribution in [1.29, 1.82) is 0 Å². The molecule has 8 nitrogen and oxygen atoms in total. The SMILES string of the molecule is CNC(=O)CCc1cccc(NC(=O)N[C@H](C)c2nncn2C2CCCC2)c1. The molecular formula is C20H28N6O2. The summed E-state index contributed by atoms with van der Waals surface area (Å²) in [5.41, 5.74) is 1.69. The van der Waals surface area contributed by atoms with Gasteiger partial charge in [-0.2, -0.15) is 0 Å². The summed E-state index contributed by atoms with van der Waals surface area (Å²) in [6.07, 6.45) is 7.51. The topological polar surface area (TPSA) is 101 Å². The predicted octanol–water partition coefficient (Wildman–Crippen LogP) is 2.95. The number of hydrogen-bond acceptors (Lipinski definition) is 4. The van der Waals surface area contributed by atoms with E-state index >= 15 is 0 Å². The third-order valence-corrected chi connectivity index (χ3v) is 5.16. The lowest BCUT2D eigenvalue weighted by atomic mass is 10.1. The lowest BCUT2D eigenvalue weighted by Gasteiger charge is -2.19. The molecule has 0 spiro atoms. The van der Waals surface area contributed by atoms with Crippen molar-refractivity contribution in [1.82, 2.24) is 25.4 Å². The molecule has 2 aromatic rings. The highest BCUT2D eigenvalue weighted by Crippen LogP contribution is 2.31. The predicted molar refractivity (Wildman–Crippen MR) is 107 cm³/mol. The molecule has 1 saturated carbocycles. The molecule has 3 amide bonds. The van der Waals surface area contributed by atoms with Gasteiger partial charge in [-0.15, -0.1) is 10.2 Å². The van der Waals surface area contributed by atoms with Gasteiger partial charge in [0, 0.05) is 25.2 Å². The highest BCUT2D eigenvalue weighted by atomic mass is 16.2. The van der Waals surface area contributed by atoms with Crippen LogP contribution < -0.4 is 16.0 Å². The molecule has 8 heteroatoms. The number of urea groups is 1. The zero-order valence-corrected chi connectivity index (χ0v) is 16.4. The number of carbonyl (C=O) groups excluding carboxylic acids is 2. The van der Waals surface area contributed by atoms with Crippen molar-refractivity contribution in [3.8, 4) is 0 Å². The van der Waals surface area contributed by atoms with E-state index in [1.165, 1.54) is 12.8 Å². The van der Waals surface area contributed by atoms with Gasteiger partial charge in [-0.3, -0.25) is 4.79 Å². The van der Waals surface area contributed by atoms with Crippen LogP contribution in [0.1, 0.15) is 62.5 Å². The maximum atomic E-state index is 12.4. The van der Waals surface area contributed by atoms with Gasteiger partial charge in [-0.05, 0) is 43.9 Å². The normalized spacial score (nSPS) is 15.2. The first-order valence-electron chi connectivity index (χ1n) is 9.83. The fourth-order valence-electron chi connectivity index (χ4n) is 3.64. The van der Waals surface area contributed by atoms with Crippen LogP contribution in [-0.4, -0.2) is 33.8 Å². The first-order valence-corrected chi connectivity index (χ1v) is 9.83. The third kappa shape index (κ3) is 5.09. The summed E-state index contributed by atoms with van der Waals surface area (Å²) >= 11 is 0. The van der Waals surface area contributed by atoms with Gasteiger partial charge in [0.2, 0.25) is 5.91 Å². The van der Waals surface area contributed by atoms with Gasteiger partial charge in [0.1, 0.15) is 6.33 Å². The molecule has 0 aliphatic heterocycles. The molecule has 150 valence electrons. The van der Waals surface area contributed by atoms with E-state index in [1.54, 1.807) is 13.4 Å². The van der Waals surface area contributed by atoms with Gasteiger partial charge >= 0.3 is 6.03 Å². The van der Waals surface area contributed by atoms with Crippen LogP contribution in [0.4, 0.5) is 10.5 Å². The minimum absolute atomic E-state index is 0.00342. The summed E-state index contributed by atoms with van der Waals surface area (Å²) in [5, 5.41) is 16.7. The highest BCUT2D eigenvalue weighted by Gasteiger charge is 2.23. The van der Waals surface area contributed by atoms with Crippen LogP contribution in [0.15, 0.2) is 30.6 Å². The van der Waals surface area contributed by atoms with Gasteiger partial charge in [-0.1, -0.05) is 25.0 Å². The molecule has 1 fully saturated rings. The highest BCUT2D eigenvalue weighted by molar-refractivity contribution is 5.89. The Kier molecular flexibility index (Phi) is 6.62. The minimum Gasteiger partial charge on any atom is -0.359 e. The zero-order valence-electron chi connectivity index (χ0n) is 16.4. The number of nitrogens with zero attached hydrogens (tertiary/aromatic N) is 3. The fourth-order valence-corrected chi connectivity index (χ4v) is 3.64. The number of benzene rings is 1. The number of hydrogen-bond donors (Lipinski definition) is 3. The lowest BCUT2D eigenvalue weighted by Crippen LogP contribution is -2.33. The zero-order chi connectivity index (χ0) is 19.9. The molecule has 1 aromatic carbocycles. The van der Waals surface area contributed by atoms with Gasteiger partial charge < -0.3 is 20.5 Å². The summed E-state index contributed by atoms with van der Waals surface area (Å²) in [6.45, 7) is 1.91. The Labute approximate surface area is 165 Å². The van der Waals surface area contributed by atoms with Crippen LogP contribution in [0.5, 0.6) is 0 Å². The molecule has 0 saturated heterocycles. The van der Waals surface area contributed by atoms with Gasteiger partial charge in [-0.25, -0.2) is 4.79 Å². The quantitative estimate of drug-likeness (QED) is 0.683. The molecule has 0 unspecified atom stereocenters. The maximum absolute atomic E-state index is 12.4. The van der Waals surface area contributed by atoms with Crippen molar-refractivity contribution in [2.45, 2.75) is 57.5 Å². The first-order chi connectivity index (χ1) is 13.6. The van der Waals surface area contributed by atoms with Crippen LogP contribution >= 0.6 is 0 Å². The molecule has 1 aliphatic carbocycles. The molecule has 0 radical (unpaired) electrons. The largest absolute Gasteiger partial charge is 0.359 e. The van der Waals surface area contributed by atoms with E-state index in [0.717, 1.165) is 24.2 Å². The summed E-state index contributed by atoms with van der Waals surface area (Å²) in [5.74, 6) is 0.776. The number of nitrogens with one attached hydrogen (secondary N) is 3. The third-order valence-electron chi connectivity index (χ3n) is 5.16. The van der Waals surface area contributed by atoms with Crippen molar-refractivity contribution in [3.05, 3.63) is 42.0 Å². The van der Waals surface area contributed by atoms with E-state index in [-0.39, 0.29) is 18.0 Å². The molecule has 28 heavy (non-hydrogen) atoms. The van der Waals surface area contributed by atoms with E-state index < -0.39 is 0 Å². The number of aryl methyl sites for hydroxylation is 1. The summed E-state index contributed by atoms with van der Waals surface area (Å²) in [6, 6.07) is 7.40. The minimum atomic E-state index is -0.295. The molecule has 3 N–H and O–H groups in total. The van der Waals surface area contributed by atoms with Crippen molar-refractivity contribution in [2.75, 3.05) is 12.4 Å². The molecular weight excluding hydrogens is 356 g/mol. The fraction of sp³-hybridized carbons (Fsp3) is 0.500. The standard InChI is InChI=1S/C20H28N6O2/c1-14(19-25-22-13-26(19)17-8-3-4-9-17)23-20(28)24-16-7-5-6-15(12-16)10-11-18(27)21-2/h5-7,12-14,17H,3-4,8-11H2,1-2H3,(H,21,27)(H2,23,24,28)/t14-/m1/s1. The molecule has 1 atom stereocenters. The average Bonchev–Trinajstić information content (AvgIpc) is 3.37. The number of amides is 3. The van der Waals surface area contributed by atoms with E-state index in [2.05, 4.69) is 30.7 Å². The summed E-state index contributed by atoms with van der Waals surface area (Å²) in [7, 11) is 1.62. The molecule has 1 heterocycles. The molecule has 3 rings (SSSR count). The van der Waals surface area contributed by atoms with Crippen LogP contribution in [0.25, 0.3) is 0 Å². The maximum Gasteiger partial charge on any atom is 0.319 e. The Bertz CT molecular complexity index is 813. The lowest BCUT2D eigenvalue weighted by molar-refractivity contribution is -0.120. The Morgan fingerprint density at radius 2 is 2.07 bits per heavy atom. The van der Waals surface area contributed by atoms with E-state index in [4.69, 9.17) is 0 Å². The van der Waals surface area contributed by atoms with Crippen LogP contribution in [0.3, 0.4) is 0 Å². The second kappa shape index (κ2) is 9.34. The van der Waals surface area contributed by atoms with Gasteiger partial charge in [0.05, 0.1) is 6.04 Å². The first kappa shape index (κ1) is 19.9. The Morgan fingerprint density at radius 1 is 1.29 bits per heavy atom. The number of aromatic nitrogens is 3. The molecule has 0 bridgehead atoms. The Balaban J connectivity index is 1.57. The van der Waals surface area contributed by atoms with Crippen molar-refractivity contribution >= 4 is 17.6 Å². The summed E-state index contributed by atoms with van der Waals surface area (Å²) < 4.78 is 2.09. The second-order valence-corrected chi connectivity index (χ2v) is 7.23. The smallest absolute Gasteiger partial charge is 0.319 e. The van der Waals surface area contributed by atoms with E-state index in [0.29, 0.717) is 24.6 Å². The van der Waals surface area contributed by atoms with Gasteiger partial charge in [0.15, 0.2) is 5.82 Å². The van der Waals surface area contributed by atoms with E-state index in [9.17, 15) is 9.59 Å². The van der Waals surface area contributed by atoms with Crippen LogP contribution in [0.2, 0.25) is 0 Å². The second-order valence-electron chi connectivity index (χ2n) is 7.23. The number of anilines is 1. The van der Waals surface area contributed by atoms with Crippen molar-refractivity contribution in [2.24, 2.45) is 0 Å². The number of carbonyl (C=O) groups is 2. The van der Waals surface area contributed by atoms with Crippen LogP contribution in [0, 0.1) is 0 Å². The van der Waals surface area contributed by atoms with Crippen molar-refractivity contribution in [3.63, 3.8) is 0 Å². The van der Waals surface area contributed by atoms with Gasteiger partial charge in [0.25, 0.3) is 0 Å². The van der Waals surface area contributed by atoms with E-state index in [1.807, 2.05) is 31.2 Å². The Morgan fingerprint density at radius 3 is 2.82 bits per heavy atom. The summed E-state index contributed by atoms with van der Waals surface area (Å²) in [4.78, 5) is 23.8. The Hall–Kier alpha value is -2.90. The average molecular weight is 384 g/mol. The monoisotopic (exact) mass is 384 g/mol. The molecule has 1 aliphatic rings. The number of rotatable bonds is 7. The molecule has 1 aromatic heterocycles.